The maximum absolute atomic E-state index is 13.1. The van der Waals surface area contributed by atoms with Crippen LogP contribution in [0.5, 0.6) is 28.7 Å². The molecule has 39 heavy (non-hydrogen) atoms. The number of carbonyl (C=O) groups excluding carboxylic acids is 1. The Bertz CT molecular complexity index is 1720. The maximum Gasteiger partial charge on any atom is 0.340 e. The van der Waals surface area contributed by atoms with Crippen molar-refractivity contribution >= 4 is 34.7 Å². The largest absolute Gasteiger partial charge is 0.508 e. The summed E-state index contributed by atoms with van der Waals surface area (Å²) in [5, 5.41) is 42.2. The molecule has 0 aromatic heterocycles. The van der Waals surface area contributed by atoms with Gasteiger partial charge in [0, 0.05) is 17.2 Å². The highest BCUT2D eigenvalue weighted by Gasteiger charge is 2.54. The van der Waals surface area contributed by atoms with Crippen LogP contribution >= 0.6 is 12.2 Å². The number of aryl methyl sites for hydroxylation is 2. The Hall–Kier alpha value is -4.80. The standard InChI is InChI=1S/C29H22N2O7S/c1-14-11-15(2)25(34)21(12-14)31(28(39)30-36)24-22(33)10-9-20-26(24)37-23-13-16(32)7-8-19(23)29(20)18-6-4-3-5-17(18)27(35)38-29/h3-13,32-34,36H,1-2H3,(H,30,39). The lowest BCUT2D eigenvalue weighted by molar-refractivity contribution is 0.0224. The molecular formula is C29H22N2O7S. The van der Waals surface area contributed by atoms with Crippen molar-refractivity contribution in [3.05, 3.63) is 100 Å². The first kappa shape index (κ1) is 24.5. The summed E-state index contributed by atoms with van der Waals surface area (Å²) in [6, 6.07) is 17.8. The number of ether oxygens (including phenoxy) is 2. The predicted octanol–water partition coefficient (Wildman–Crippen LogP) is 5.39. The molecule has 2 aliphatic rings. The number of anilines is 2. The number of nitrogens with zero attached hydrogens (tertiary/aromatic N) is 1. The van der Waals surface area contributed by atoms with E-state index in [1.54, 1.807) is 55.5 Å². The molecule has 0 aliphatic carbocycles. The van der Waals surface area contributed by atoms with Gasteiger partial charge in [0.15, 0.2) is 11.4 Å². The van der Waals surface area contributed by atoms with E-state index in [9.17, 15) is 25.3 Å². The van der Waals surface area contributed by atoms with Crippen molar-refractivity contribution in [3.8, 4) is 28.7 Å². The molecule has 9 nitrogen and oxygen atoms in total. The normalized spacial score (nSPS) is 16.5. The predicted molar refractivity (Wildman–Crippen MR) is 145 cm³/mol. The molecule has 10 heteroatoms. The molecule has 0 amide bonds. The van der Waals surface area contributed by atoms with Crippen LogP contribution in [0.2, 0.25) is 0 Å². The number of phenolic OH excluding ortho intramolecular Hbond substituents is 3. The number of hydrogen-bond acceptors (Lipinski definition) is 8. The minimum absolute atomic E-state index is 0.0341. The third-order valence-corrected chi connectivity index (χ3v) is 7.28. The monoisotopic (exact) mass is 542 g/mol. The average molecular weight is 543 g/mol. The molecule has 4 aromatic carbocycles. The van der Waals surface area contributed by atoms with Crippen LogP contribution in [-0.2, 0) is 10.3 Å². The van der Waals surface area contributed by atoms with Gasteiger partial charge in [0.25, 0.3) is 0 Å². The zero-order valence-electron chi connectivity index (χ0n) is 20.7. The Morgan fingerprint density at radius 2 is 1.69 bits per heavy atom. The van der Waals surface area contributed by atoms with Gasteiger partial charge in [-0.05, 0) is 73.6 Å². The van der Waals surface area contributed by atoms with E-state index in [0.717, 1.165) is 5.56 Å². The van der Waals surface area contributed by atoms with Crippen LogP contribution in [0.3, 0.4) is 0 Å². The van der Waals surface area contributed by atoms with E-state index in [-0.39, 0.29) is 45.2 Å². The lowest BCUT2D eigenvalue weighted by Gasteiger charge is -2.39. The van der Waals surface area contributed by atoms with Crippen LogP contribution in [0.4, 0.5) is 11.4 Å². The number of fused-ring (bicyclic) bond motifs is 6. The smallest absolute Gasteiger partial charge is 0.340 e. The Kier molecular flexibility index (Phi) is 5.42. The fourth-order valence-electron chi connectivity index (χ4n) is 5.41. The van der Waals surface area contributed by atoms with E-state index >= 15 is 0 Å². The Morgan fingerprint density at radius 1 is 0.949 bits per heavy atom. The second kappa shape index (κ2) is 8.62. The number of nitrogens with one attached hydrogen (secondary N) is 1. The fourth-order valence-corrected chi connectivity index (χ4v) is 5.60. The van der Waals surface area contributed by atoms with Gasteiger partial charge in [-0.15, -0.1) is 0 Å². The molecule has 0 saturated carbocycles. The molecule has 2 aliphatic heterocycles. The fraction of sp³-hybridized carbons (Fsp3) is 0.103. The van der Waals surface area contributed by atoms with Crippen molar-refractivity contribution in [3.63, 3.8) is 0 Å². The van der Waals surface area contributed by atoms with E-state index in [4.69, 9.17) is 21.7 Å². The van der Waals surface area contributed by atoms with Crippen LogP contribution < -0.4 is 15.1 Å². The molecule has 1 unspecified atom stereocenters. The van der Waals surface area contributed by atoms with Gasteiger partial charge >= 0.3 is 5.97 Å². The highest BCUT2D eigenvalue weighted by atomic mass is 32.1. The second-order valence-electron chi connectivity index (χ2n) is 9.41. The first-order chi connectivity index (χ1) is 18.7. The van der Waals surface area contributed by atoms with Crippen LogP contribution in [0.25, 0.3) is 0 Å². The SMILES string of the molecule is Cc1cc(C)c(O)c(N(C(=S)NO)c2c(O)ccc3c2Oc2cc(O)ccc2C32OC(=O)c3ccccc32)c1. The highest BCUT2D eigenvalue weighted by Crippen LogP contribution is 2.60. The molecule has 5 N–H and O–H groups in total. The van der Waals surface area contributed by atoms with E-state index in [2.05, 4.69) is 0 Å². The maximum atomic E-state index is 13.1. The van der Waals surface area contributed by atoms with Gasteiger partial charge in [-0.3, -0.25) is 10.1 Å². The molecule has 4 aromatic rings. The van der Waals surface area contributed by atoms with E-state index in [0.29, 0.717) is 27.8 Å². The number of benzene rings is 4. The number of esters is 1. The van der Waals surface area contributed by atoms with Gasteiger partial charge < -0.3 is 24.8 Å². The Morgan fingerprint density at radius 3 is 2.46 bits per heavy atom. The number of aromatic hydroxyl groups is 3. The molecule has 196 valence electrons. The number of hydroxylamine groups is 1. The van der Waals surface area contributed by atoms with Crippen LogP contribution in [0.1, 0.15) is 38.2 Å². The second-order valence-corrected chi connectivity index (χ2v) is 9.80. The minimum atomic E-state index is -1.49. The topological polar surface area (TPSA) is 132 Å². The summed E-state index contributed by atoms with van der Waals surface area (Å²) in [4.78, 5) is 14.4. The summed E-state index contributed by atoms with van der Waals surface area (Å²) < 4.78 is 12.4. The van der Waals surface area contributed by atoms with Gasteiger partial charge in [0.05, 0.1) is 16.8 Å². The van der Waals surface area contributed by atoms with Crippen LogP contribution in [-0.4, -0.2) is 31.6 Å². The lowest BCUT2D eigenvalue weighted by atomic mass is 9.77. The quantitative estimate of drug-likeness (QED) is 0.128. The van der Waals surface area contributed by atoms with Crippen molar-refractivity contribution in [1.29, 1.82) is 0 Å². The van der Waals surface area contributed by atoms with E-state index in [1.807, 2.05) is 12.4 Å². The van der Waals surface area contributed by atoms with Crippen LogP contribution in [0.15, 0.2) is 66.7 Å². The van der Waals surface area contributed by atoms with Crippen molar-refractivity contribution in [1.82, 2.24) is 5.48 Å². The summed E-state index contributed by atoms with van der Waals surface area (Å²) in [7, 11) is 0. The lowest BCUT2D eigenvalue weighted by Crippen LogP contribution is -2.37. The summed E-state index contributed by atoms with van der Waals surface area (Å²) in [6.45, 7) is 3.53. The molecule has 0 radical (unpaired) electrons. The third-order valence-electron chi connectivity index (χ3n) is 7.01. The van der Waals surface area contributed by atoms with Crippen molar-refractivity contribution in [2.24, 2.45) is 0 Å². The molecule has 1 atom stereocenters. The van der Waals surface area contributed by atoms with Crippen molar-refractivity contribution in [2.75, 3.05) is 4.90 Å². The Labute approximate surface area is 228 Å². The summed E-state index contributed by atoms with van der Waals surface area (Å²) in [5.74, 6) is -0.885. The number of rotatable bonds is 2. The van der Waals surface area contributed by atoms with Gasteiger partial charge in [-0.25, -0.2) is 10.3 Å². The van der Waals surface area contributed by atoms with Crippen molar-refractivity contribution in [2.45, 2.75) is 19.4 Å². The zero-order chi connectivity index (χ0) is 27.6. The van der Waals surface area contributed by atoms with Crippen LogP contribution in [0, 0.1) is 13.8 Å². The average Bonchev–Trinajstić information content (AvgIpc) is 3.20. The molecule has 0 bridgehead atoms. The third kappa shape index (κ3) is 3.42. The summed E-state index contributed by atoms with van der Waals surface area (Å²) >= 11 is 5.42. The summed E-state index contributed by atoms with van der Waals surface area (Å²) in [6.07, 6.45) is 0. The number of carbonyl (C=O) groups is 1. The van der Waals surface area contributed by atoms with Gasteiger partial charge in [-0.2, -0.15) is 0 Å². The van der Waals surface area contributed by atoms with Gasteiger partial charge in [0.2, 0.25) is 5.11 Å². The molecule has 2 heterocycles. The van der Waals surface area contributed by atoms with Gasteiger partial charge in [0.1, 0.15) is 28.7 Å². The number of thiocarbonyl (C=S) groups is 1. The molecular weight excluding hydrogens is 520 g/mol. The summed E-state index contributed by atoms with van der Waals surface area (Å²) in [5.41, 5.74) is 3.61. The van der Waals surface area contributed by atoms with E-state index < -0.39 is 11.6 Å². The zero-order valence-corrected chi connectivity index (χ0v) is 21.5. The minimum Gasteiger partial charge on any atom is -0.508 e. The number of hydrogen-bond donors (Lipinski definition) is 5. The molecule has 1 spiro atoms. The molecule has 0 saturated heterocycles. The Balaban J connectivity index is 1.72. The first-order valence-electron chi connectivity index (χ1n) is 11.9. The number of phenols is 3. The molecule has 6 rings (SSSR count). The first-order valence-corrected chi connectivity index (χ1v) is 12.3. The van der Waals surface area contributed by atoms with E-state index in [1.165, 1.54) is 23.1 Å². The highest BCUT2D eigenvalue weighted by molar-refractivity contribution is 7.80. The van der Waals surface area contributed by atoms with Crippen molar-refractivity contribution < 1.29 is 34.8 Å². The molecule has 0 fully saturated rings. The van der Waals surface area contributed by atoms with Gasteiger partial charge in [-0.1, -0.05) is 24.3 Å².